The van der Waals surface area contributed by atoms with E-state index in [-0.39, 0.29) is 17.2 Å². The fourth-order valence-corrected chi connectivity index (χ4v) is 1.46. The number of nitrogens with zero attached hydrogens (tertiary/aromatic N) is 2. The van der Waals surface area contributed by atoms with Crippen molar-refractivity contribution in [3.8, 4) is 6.07 Å². The Labute approximate surface area is 97.9 Å². The zero-order valence-electron chi connectivity index (χ0n) is 8.86. The van der Waals surface area contributed by atoms with Gasteiger partial charge < -0.3 is 5.73 Å². The number of dihydropyridines is 1. The maximum absolute atomic E-state index is 8.80. The molecule has 1 heterocycles. The van der Waals surface area contributed by atoms with Gasteiger partial charge in [-0.25, -0.2) is 4.99 Å². The fraction of sp³-hybridized carbons (Fsp3) is 0. The summed E-state index contributed by atoms with van der Waals surface area (Å²) in [6.45, 7) is 0. The SMILES string of the molecule is N#Cc1cccc(C2=NC(=N)C(=N)C(N)=C2)c1. The molecule has 0 saturated heterocycles. The minimum atomic E-state index is -0.164. The number of hydrogen-bond acceptors (Lipinski definition) is 4. The zero-order chi connectivity index (χ0) is 12.4. The van der Waals surface area contributed by atoms with Gasteiger partial charge in [0.15, 0.2) is 5.84 Å². The molecule has 1 aliphatic heterocycles. The third-order valence-corrected chi connectivity index (χ3v) is 2.34. The van der Waals surface area contributed by atoms with Gasteiger partial charge in [-0.3, -0.25) is 10.8 Å². The summed E-state index contributed by atoms with van der Waals surface area (Å²) in [4.78, 5) is 3.97. The highest BCUT2D eigenvalue weighted by Crippen LogP contribution is 2.11. The summed E-state index contributed by atoms with van der Waals surface area (Å²) < 4.78 is 0. The zero-order valence-corrected chi connectivity index (χ0v) is 8.86. The molecule has 0 amide bonds. The van der Waals surface area contributed by atoms with E-state index < -0.39 is 0 Å². The normalized spacial score (nSPS) is 15.0. The summed E-state index contributed by atoms with van der Waals surface area (Å²) in [5.41, 5.74) is 7.48. The van der Waals surface area contributed by atoms with E-state index in [4.69, 9.17) is 21.8 Å². The fourth-order valence-electron chi connectivity index (χ4n) is 1.46. The van der Waals surface area contributed by atoms with Gasteiger partial charge >= 0.3 is 0 Å². The average Bonchev–Trinajstić information content (AvgIpc) is 2.35. The van der Waals surface area contributed by atoms with Crippen molar-refractivity contribution >= 4 is 17.3 Å². The molecule has 4 N–H and O–H groups in total. The molecule has 0 fully saturated rings. The Morgan fingerprint density at radius 3 is 2.71 bits per heavy atom. The molecule has 17 heavy (non-hydrogen) atoms. The predicted molar refractivity (Wildman–Crippen MR) is 65.4 cm³/mol. The van der Waals surface area contributed by atoms with Crippen LogP contribution in [0.15, 0.2) is 41.0 Å². The molecule has 0 saturated carbocycles. The van der Waals surface area contributed by atoms with E-state index in [9.17, 15) is 0 Å². The van der Waals surface area contributed by atoms with Crippen molar-refractivity contribution in [2.24, 2.45) is 10.7 Å². The number of nitriles is 1. The maximum atomic E-state index is 8.80. The molecule has 1 aromatic rings. The molecule has 0 bridgehead atoms. The third kappa shape index (κ3) is 1.96. The first kappa shape index (κ1) is 10.8. The van der Waals surface area contributed by atoms with Gasteiger partial charge in [-0.1, -0.05) is 12.1 Å². The topological polar surface area (TPSA) is 110 Å². The number of amidine groups is 1. The van der Waals surface area contributed by atoms with E-state index in [1.807, 2.05) is 6.07 Å². The highest BCUT2D eigenvalue weighted by atomic mass is 14.9. The molecule has 0 radical (unpaired) electrons. The van der Waals surface area contributed by atoms with E-state index in [0.717, 1.165) is 0 Å². The molecular formula is C12H9N5. The minimum absolute atomic E-state index is 0.0785. The van der Waals surface area contributed by atoms with Crippen molar-refractivity contribution in [2.75, 3.05) is 0 Å². The molecular weight excluding hydrogens is 214 g/mol. The molecule has 5 heteroatoms. The summed E-state index contributed by atoms with van der Waals surface area (Å²) in [5.74, 6) is -0.164. The molecule has 5 nitrogen and oxygen atoms in total. The Bertz CT molecular complexity index is 616. The molecule has 2 rings (SSSR count). The lowest BCUT2D eigenvalue weighted by Crippen LogP contribution is -2.25. The van der Waals surface area contributed by atoms with Crippen LogP contribution in [0.5, 0.6) is 0 Å². The van der Waals surface area contributed by atoms with Crippen LogP contribution in [-0.2, 0) is 0 Å². The standard InChI is InChI=1S/C12H9N5/c13-6-7-2-1-3-8(4-7)10-5-9(14)11(15)12(16)17-10/h1-5,15-16H,14H2. The van der Waals surface area contributed by atoms with Gasteiger partial charge in [-0.15, -0.1) is 0 Å². The first-order valence-electron chi connectivity index (χ1n) is 4.86. The Morgan fingerprint density at radius 1 is 1.29 bits per heavy atom. The van der Waals surface area contributed by atoms with Gasteiger partial charge in [0.1, 0.15) is 5.71 Å². The van der Waals surface area contributed by atoms with E-state index in [1.54, 1.807) is 24.3 Å². The number of benzene rings is 1. The van der Waals surface area contributed by atoms with Gasteiger partial charge in [-0.05, 0) is 18.2 Å². The second-order valence-corrected chi connectivity index (χ2v) is 3.51. The second-order valence-electron chi connectivity index (χ2n) is 3.51. The summed E-state index contributed by atoms with van der Waals surface area (Å²) in [7, 11) is 0. The van der Waals surface area contributed by atoms with Crippen molar-refractivity contribution in [1.82, 2.24) is 0 Å². The highest BCUT2D eigenvalue weighted by molar-refractivity contribution is 6.49. The number of allylic oxidation sites excluding steroid dienone is 1. The molecule has 1 aliphatic rings. The number of nitrogens with one attached hydrogen (secondary N) is 2. The smallest absolute Gasteiger partial charge is 0.172 e. The largest absolute Gasteiger partial charge is 0.397 e. The van der Waals surface area contributed by atoms with Gasteiger partial charge in [0.2, 0.25) is 0 Å². The van der Waals surface area contributed by atoms with Crippen LogP contribution >= 0.6 is 0 Å². The molecule has 0 atom stereocenters. The van der Waals surface area contributed by atoms with Crippen molar-refractivity contribution in [3.05, 3.63) is 47.2 Å². The monoisotopic (exact) mass is 223 g/mol. The summed E-state index contributed by atoms with van der Waals surface area (Å²) in [6, 6.07) is 8.92. The second kappa shape index (κ2) is 4.02. The summed E-state index contributed by atoms with van der Waals surface area (Å²) in [6.07, 6.45) is 1.54. The van der Waals surface area contributed by atoms with Crippen LogP contribution in [0.4, 0.5) is 0 Å². The van der Waals surface area contributed by atoms with Crippen molar-refractivity contribution in [1.29, 1.82) is 16.1 Å². The van der Waals surface area contributed by atoms with Crippen LogP contribution in [0, 0.1) is 22.1 Å². The Kier molecular flexibility index (Phi) is 2.55. The molecule has 0 spiro atoms. The Balaban J connectivity index is 2.49. The van der Waals surface area contributed by atoms with Gasteiger partial charge in [0, 0.05) is 5.56 Å². The quantitative estimate of drug-likeness (QED) is 0.664. The van der Waals surface area contributed by atoms with E-state index >= 15 is 0 Å². The van der Waals surface area contributed by atoms with Gasteiger partial charge in [0.25, 0.3) is 0 Å². The van der Waals surface area contributed by atoms with Gasteiger partial charge in [-0.2, -0.15) is 5.26 Å². The summed E-state index contributed by atoms with van der Waals surface area (Å²) in [5, 5.41) is 23.8. The molecule has 0 unspecified atom stereocenters. The van der Waals surface area contributed by atoms with Crippen LogP contribution in [0.1, 0.15) is 11.1 Å². The first-order chi connectivity index (χ1) is 8.11. The molecule has 0 aliphatic carbocycles. The Morgan fingerprint density at radius 2 is 2.06 bits per heavy atom. The lowest BCUT2D eigenvalue weighted by Gasteiger charge is -2.11. The average molecular weight is 223 g/mol. The van der Waals surface area contributed by atoms with Crippen LogP contribution in [-0.4, -0.2) is 17.3 Å². The van der Waals surface area contributed by atoms with Crippen molar-refractivity contribution in [2.45, 2.75) is 0 Å². The van der Waals surface area contributed by atoms with E-state index in [1.165, 1.54) is 6.08 Å². The number of nitrogens with two attached hydrogens (primary N) is 1. The maximum Gasteiger partial charge on any atom is 0.172 e. The van der Waals surface area contributed by atoms with E-state index in [2.05, 4.69) is 4.99 Å². The lowest BCUT2D eigenvalue weighted by molar-refractivity contribution is 1.36. The first-order valence-corrected chi connectivity index (χ1v) is 4.86. The third-order valence-electron chi connectivity index (χ3n) is 2.34. The number of aliphatic imine (C=N–C) groups is 1. The van der Waals surface area contributed by atoms with Crippen LogP contribution in [0.2, 0.25) is 0 Å². The lowest BCUT2D eigenvalue weighted by atomic mass is 10.0. The summed E-state index contributed by atoms with van der Waals surface area (Å²) >= 11 is 0. The Hall–Kier alpha value is -2.74. The van der Waals surface area contributed by atoms with Gasteiger partial charge in [0.05, 0.1) is 23.0 Å². The number of rotatable bonds is 1. The van der Waals surface area contributed by atoms with Crippen LogP contribution < -0.4 is 5.73 Å². The predicted octanol–water partition coefficient (Wildman–Crippen LogP) is 1.20. The number of hydrogen-bond donors (Lipinski definition) is 3. The molecule has 82 valence electrons. The van der Waals surface area contributed by atoms with Crippen molar-refractivity contribution < 1.29 is 0 Å². The minimum Gasteiger partial charge on any atom is -0.397 e. The van der Waals surface area contributed by atoms with Crippen LogP contribution in [0.3, 0.4) is 0 Å². The molecule has 0 aromatic heterocycles. The van der Waals surface area contributed by atoms with E-state index in [0.29, 0.717) is 16.8 Å². The highest BCUT2D eigenvalue weighted by Gasteiger charge is 2.16. The van der Waals surface area contributed by atoms with Crippen molar-refractivity contribution in [3.63, 3.8) is 0 Å². The van der Waals surface area contributed by atoms with Crippen LogP contribution in [0.25, 0.3) is 0 Å². The molecule has 1 aromatic carbocycles.